The summed E-state index contributed by atoms with van der Waals surface area (Å²) >= 11 is 0. The molecule has 0 amide bonds. The lowest BCUT2D eigenvalue weighted by molar-refractivity contribution is -0.298. The summed E-state index contributed by atoms with van der Waals surface area (Å²) in [5.41, 5.74) is 0.694. The van der Waals surface area contributed by atoms with E-state index in [0.29, 0.717) is 5.57 Å². The van der Waals surface area contributed by atoms with Gasteiger partial charge in [0.25, 0.3) is 0 Å². The summed E-state index contributed by atoms with van der Waals surface area (Å²) < 4.78 is 10.3. The van der Waals surface area contributed by atoms with Crippen LogP contribution < -0.4 is 0 Å². The largest absolute Gasteiger partial charge is 0.394 e. The Balaban J connectivity index is 2.54. The summed E-state index contributed by atoms with van der Waals surface area (Å²) in [6.45, 7) is 1.19. The fourth-order valence-corrected chi connectivity index (χ4v) is 1.55. The highest BCUT2D eigenvalue weighted by molar-refractivity contribution is 4.98. The standard InChI is InChI=1S/C11H20O7/c1-6(4-12)2-3-17-11-10(16)9(15)8(14)7(5-13)18-11/h2,7-16H,3-5H2,1H3/b6-2-. The van der Waals surface area contributed by atoms with Crippen LogP contribution in [0.1, 0.15) is 6.92 Å². The average Bonchev–Trinajstić information content (AvgIpc) is 2.38. The topological polar surface area (TPSA) is 120 Å². The van der Waals surface area contributed by atoms with Crippen molar-refractivity contribution in [2.24, 2.45) is 0 Å². The highest BCUT2D eigenvalue weighted by Crippen LogP contribution is 2.21. The molecule has 1 rings (SSSR count). The van der Waals surface area contributed by atoms with E-state index in [4.69, 9.17) is 19.7 Å². The highest BCUT2D eigenvalue weighted by Gasteiger charge is 2.43. The molecular formula is C11H20O7. The number of aliphatic hydroxyl groups excluding tert-OH is 5. The van der Waals surface area contributed by atoms with Gasteiger partial charge in [0.05, 0.1) is 19.8 Å². The summed E-state index contributed by atoms with van der Waals surface area (Å²) in [7, 11) is 0. The van der Waals surface area contributed by atoms with Crippen molar-refractivity contribution in [1.82, 2.24) is 0 Å². The van der Waals surface area contributed by atoms with Gasteiger partial charge >= 0.3 is 0 Å². The zero-order chi connectivity index (χ0) is 13.7. The smallest absolute Gasteiger partial charge is 0.187 e. The molecule has 1 heterocycles. The minimum absolute atomic E-state index is 0.0785. The Morgan fingerprint density at radius 1 is 1.17 bits per heavy atom. The van der Waals surface area contributed by atoms with Crippen molar-refractivity contribution in [3.05, 3.63) is 11.6 Å². The Kier molecular flexibility index (Phi) is 6.16. The summed E-state index contributed by atoms with van der Waals surface area (Å²) in [5, 5.41) is 46.4. The molecule has 1 saturated heterocycles. The quantitative estimate of drug-likeness (QED) is 0.355. The lowest BCUT2D eigenvalue weighted by Gasteiger charge is -2.39. The molecule has 0 bridgehead atoms. The number of aliphatic hydroxyl groups is 5. The van der Waals surface area contributed by atoms with Gasteiger partial charge in [-0.1, -0.05) is 6.08 Å². The van der Waals surface area contributed by atoms with Crippen molar-refractivity contribution in [2.45, 2.75) is 37.6 Å². The van der Waals surface area contributed by atoms with E-state index < -0.39 is 37.3 Å². The van der Waals surface area contributed by atoms with Gasteiger partial charge in [-0.15, -0.1) is 0 Å². The van der Waals surface area contributed by atoms with Crippen molar-refractivity contribution in [3.8, 4) is 0 Å². The molecule has 0 saturated carbocycles. The van der Waals surface area contributed by atoms with Crippen LogP contribution in [0.15, 0.2) is 11.6 Å². The van der Waals surface area contributed by atoms with Crippen molar-refractivity contribution in [1.29, 1.82) is 0 Å². The van der Waals surface area contributed by atoms with Crippen molar-refractivity contribution < 1.29 is 35.0 Å². The molecule has 7 nitrogen and oxygen atoms in total. The normalized spacial score (nSPS) is 37.9. The molecule has 0 aromatic carbocycles. The molecule has 1 aliphatic heterocycles. The minimum Gasteiger partial charge on any atom is -0.394 e. The van der Waals surface area contributed by atoms with Gasteiger partial charge in [0, 0.05) is 0 Å². The van der Waals surface area contributed by atoms with E-state index in [1.54, 1.807) is 13.0 Å². The van der Waals surface area contributed by atoms with Crippen molar-refractivity contribution >= 4 is 0 Å². The van der Waals surface area contributed by atoms with E-state index in [0.717, 1.165) is 0 Å². The second-order valence-electron chi connectivity index (χ2n) is 4.24. The average molecular weight is 264 g/mol. The molecule has 5 atom stereocenters. The fraction of sp³-hybridized carbons (Fsp3) is 0.818. The summed E-state index contributed by atoms with van der Waals surface area (Å²) in [4.78, 5) is 0. The summed E-state index contributed by atoms with van der Waals surface area (Å²) in [5.74, 6) is 0. The van der Waals surface area contributed by atoms with E-state index in [1.807, 2.05) is 0 Å². The molecule has 5 N–H and O–H groups in total. The summed E-state index contributed by atoms with van der Waals surface area (Å²) in [6.07, 6.45) is -4.74. The zero-order valence-electron chi connectivity index (χ0n) is 10.1. The molecule has 106 valence electrons. The van der Waals surface area contributed by atoms with E-state index in [1.165, 1.54) is 0 Å². The lowest BCUT2D eigenvalue weighted by Crippen LogP contribution is -2.59. The van der Waals surface area contributed by atoms with Crippen LogP contribution in [0.4, 0.5) is 0 Å². The van der Waals surface area contributed by atoms with Gasteiger partial charge in [0.2, 0.25) is 0 Å². The van der Waals surface area contributed by atoms with Gasteiger partial charge in [-0.25, -0.2) is 0 Å². The van der Waals surface area contributed by atoms with Gasteiger partial charge in [-0.05, 0) is 12.5 Å². The lowest BCUT2D eigenvalue weighted by atomic mass is 9.99. The third kappa shape index (κ3) is 3.72. The second-order valence-corrected chi connectivity index (χ2v) is 4.24. The van der Waals surface area contributed by atoms with Gasteiger partial charge in [0.1, 0.15) is 24.4 Å². The van der Waals surface area contributed by atoms with E-state index in [9.17, 15) is 15.3 Å². The first-order valence-electron chi connectivity index (χ1n) is 5.69. The van der Waals surface area contributed by atoms with Gasteiger partial charge in [0.15, 0.2) is 6.29 Å². The van der Waals surface area contributed by atoms with E-state index >= 15 is 0 Å². The predicted molar refractivity (Wildman–Crippen MR) is 60.6 cm³/mol. The number of hydrogen-bond donors (Lipinski definition) is 5. The number of ether oxygens (including phenoxy) is 2. The molecule has 0 aromatic rings. The maximum atomic E-state index is 9.63. The Hall–Kier alpha value is -0.540. The summed E-state index contributed by atoms with van der Waals surface area (Å²) in [6, 6.07) is 0. The Morgan fingerprint density at radius 2 is 1.83 bits per heavy atom. The highest BCUT2D eigenvalue weighted by atomic mass is 16.7. The maximum Gasteiger partial charge on any atom is 0.187 e. The SMILES string of the molecule is C/C(=C/COC1OC(CO)C(O)C(O)C1O)CO. The number of rotatable bonds is 5. The van der Waals surface area contributed by atoms with Crippen LogP contribution >= 0.6 is 0 Å². The van der Waals surface area contributed by atoms with E-state index in [2.05, 4.69) is 0 Å². The molecule has 18 heavy (non-hydrogen) atoms. The van der Waals surface area contributed by atoms with Crippen LogP contribution in [-0.4, -0.2) is 76.1 Å². The van der Waals surface area contributed by atoms with Crippen LogP contribution in [0.5, 0.6) is 0 Å². The Labute approximate surface area is 105 Å². The third-order valence-electron chi connectivity index (χ3n) is 2.79. The molecule has 0 aliphatic carbocycles. The monoisotopic (exact) mass is 264 g/mol. The first kappa shape index (κ1) is 15.5. The van der Waals surface area contributed by atoms with Crippen LogP contribution in [0.3, 0.4) is 0 Å². The first-order valence-corrected chi connectivity index (χ1v) is 5.69. The van der Waals surface area contributed by atoms with Crippen LogP contribution in [-0.2, 0) is 9.47 Å². The van der Waals surface area contributed by atoms with Gasteiger partial charge < -0.3 is 35.0 Å². The van der Waals surface area contributed by atoms with Crippen LogP contribution in [0.25, 0.3) is 0 Å². The van der Waals surface area contributed by atoms with Crippen molar-refractivity contribution in [2.75, 3.05) is 19.8 Å². The van der Waals surface area contributed by atoms with Gasteiger partial charge in [-0.3, -0.25) is 0 Å². The molecule has 0 radical (unpaired) electrons. The molecule has 5 unspecified atom stereocenters. The Bertz CT molecular complexity index is 279. The molecule has 1 fully saturated rings. The van der Waals surface area contributed by atoms with Crippen molar-refractivity contribution in [3.63, 3.8) is 0 Å². The van der Waals surface area contributed by atoms with E-state index in [-0.39, 0.29) is 13.2 Å². The van der Waals surface area contributed by atoms with Crippen LogP contribution in [0, 0.1) is 0 Å². The van der Waals surface area contributed by atoms with Crippen LogP contribution in [0.2, 0.25) is 0 Å². The third-order valence-corrected chi connectivity index (χ3v) is 2.79. The minimum atomic E-state index is -1.44. The second kappa shape index (κ2) is 7.15. The fourth-order valence-electron chi connectivity index (χ4n) is 1.55. The number of hydrogen-bond acceptors (Lipinski definition) is 7. The molecular weight excluding hydrogens is 244 g/mol. The predicted octanol–water partition coefficient (Wildman–Crippen LogP) is -2.26. The first-order chi connectivity index (χ1) is 8.51. The zero-order valence-corrected chi connectivity index (χ0v) is 10.1. The van der Waals surface area contributed by atoms with Gasteiger partial charge in [-0.2, -0.15) is 0 Å². The maximum absolute atomic E-state index is 9.63. The molecule has 0 spiro atoms. The molecule has 7 heteroatoms. The Morgan fingerprint density at radius 3 is 2.39 bits per heavy atom. The molecule has 1 aliphatic rings. The molecule has 0 aromatic heterocycles.